The van der Waals surface area contributed by atoms with Crippen LogP contribution in [0.3, 0.4) is 0 Å². The molecule has 7 heteroatoms. The fourth-order valence-corrected chi connectivity index (χ4v) is 1.91. The minimum Gasteiger partial charge on any atom is -0.481 e. The van der Waals surface area contributed by atoms with Crippen LogP contribution < -0.4 is 0 Å². The highest BCUT2D eigenvalue weighted by molar-refractivity contribution is 5.66. The van der Waals surface area contributed by atoms with Crippen LogP contribution in [-0.4, -0.2) is 31.3 Å². The molecule has 0 aliphatic carbocycles. The lowest BCUT2D eigenvalue weighted by Crippen LogP contribution is -2.04. The normalized spacial score (nSPS) is 10.7. The lowest BCUT2D eigenvalue weighted by atomic mass is 10.2. The van der Waals surface area contributed by atoms with Crippen LogP contribution in [0.25, 0.3) is 11.4 Å². The summed E-state index contributed by atoms with van der Waals surface area (Å²) in [6.07, 6.45) is 2.30. The van der Waals surface area contributed by atoms with Crippen LogP contribution in [0.15, 0.2) is 24.3 Å². The number of rotatable bonds is 7. The first kappa shape index (κ1) is 14.1. The van der Waals surface area contributed by atoms with Gasteiger partial charge in [-0.3, -0.25) is 4.79 Å². The predicted octanol–water partition coefficient (Wildman–Crippen LogP) is 2.12. The Morgan fingerprint density at radius 1 is 1.25 bits per heavy atom. The van der Waals surface area contributed by atoms with Crippen molar-refractivity contribution in [3.05, 3.63) is 30.1 Å². The van der Waals surface area contributed by atoms with Crippen LogP contribution in [0, 0.1) is 5.82 Å². The molecule has 1 N–H and O–H groups in total. The zero-order chi connectivity index (χ0) is 14.4. The summed E-state index contributed by atoms with van der Waals surface area (Å²) in [5.74, 6) is -0.768. The molecule has 2 aromatic rings. The molecule has 1 heterocycles. The van der Waals surface area contributed by atoms with E-state index in [1.165, 1.54) is 6.07 Å². The van der Waals surface area contributed by atoms with Crippen molar-refractivity contribution in [1.29, 1.82) is 0 Å². The van der Waals surface area contributed by atoms with Crippen LogP contribution >= 0.6 is 0 Å². The standard InChI is InChI=1S/C13H15FN4O2/c14-11-7-4-3-6-10(11)13-15-16-17-18(13)9-5-1-2-8-12(19)20/h3-4,6-7H,1-2,5,8-9H2,(H,19,20). The van der Waals surface area contributed by atoms with Gasteiger partial charge in [-0.2, -0.15) is 0 Å². The van der Waals surface area contributed by atoms with E-state index in [4.69, 9.17) is 5.11 Å². The van der Waals surface area contributed by atoms with E-state index in [0.717, 1.165) is 12.8 Å². The molecule has 0 aliphatic heterocycles. The summed E-state index contributed by atoms with van der Waals surface area (Å²) in [4.78, 5) is 10.4. The van der Waals surface area contributed by atoms with Gasteiger partial charge in [0, 0.05) is 13.0 Å². The Bertz CT molecular complexity index is 585. The van der Waals surface area contributed by atoms with Crippen LogP contribution in [0.1, 0.15) is 25.7 Å². The predicted molar refractivity (Wildman–Crippen MR) is 69.3 cm³/mol. The van der Waals surface area contributed by atoms with Crippen molar-refractivity contribution in [2.45, 2.75) is 32.2 Å². The van der Waals surface area contributed by atoms with Crippen molar-refractivity contribution in [1.82, 2.24) is 20.2 Å². The van der Waals surface area contributed by atoms with Gasteiger partial charge in [0.2, 0.25) is 0 Å². The maximum Gasteiger partial charge on any atom is 0.303 e. The lowest BCUT2D eigenvalue weighted by molar-refractivity contribution is -0.137. The summed E-state index contributed by atoms with van der Waals surface area (Å²) in [6, 6.07) is 6.33. The average molecular weight is 278 g/mol. The van der Waals surface area contributed by atoms with Gasteiger partial charge in [-0.1, -0.05) is 18.6 Å². The molecule has 1 aromatic carbocycles. The molecule has 0 aliphatic rings. The molecule has 0 amide bonds. The molecule has 0 spiro atoms. The van der Waals surface area contributed by atoms with Crippen LogP contribution in [0.2, 0.25) is 0 Å². The molecule has 0 bridgehead atoms. The Morgan fingerprint density at radius 2 is 2.05 bits per heavy atom. The number of tetrazole rings is 1. The van der Waals surface area contributed by atoms with Gasteiger partial charge in [0.05, 0.1) is 5.56 Å². The summed E-state index contributed by atoms with van der Waals surface area (Å²) < 4.78 is 15.2. The molecule has 0 atom stereocenters. The molecule has 0 saturated carbocycles. The number of nitrogens with zero attached hydrogens (tertiary/aromatic N) is 4. The van der Waals surface area contributed by atoms with Gasteiger partial charge in [-0.25, -0.2) is 9.07 Å². The van der Waals surface area contributed by atoms with E-state index in [0.29, 0.717) is 24.4 Å². The maximum absolute atomic E-state index is 13.7. The third-order valence-electron chi connectivity index (χ3n) is 2.91. The van der Waals surface area contributed by atoms with E-state index in [9.17, 15) is 9.18 Å². The second-order valence-corrected chi connectivity index (χ2v) is 4.41. The highest BCUT2D eigenvalue weighted by atomic mass is 19.1. The second-order valence-electron chi connectivity index (χ2n) is 4.41. The minimum absolute atomic E-state index is 0.162. The lowest BCUT2D eigenvalue weighted by Gasteiger charge is -2.05. The average Bonchev–Trinajstić information content (AvgIpc) is 2.87. The van der Waals surface area contributed by atoms with Crippen molar-refractivity contribution in [2.24, 2.45) is 0 Å². The number of aryl methyl sites for hydroxylation is 1. The summed E-state index contributed by atoms with van der Waals surface area (Å²) in [6.45, 7) is 0.538. The number of carboxylic acid groups (broad SMARTS) is 1. The number of carbonyl (C=O) groups is 1. The number of halogens is 1. The quantitative estimate of drug-likeness (QED) is 0.785. The second kappa shape index (κ2) is 6.74. The molecule has 6 nitrogen and oxygen atoms in total. The van der Waals surface area contributed by atoms with Crippen molar-refractivity contribution in [3.63, 3.8) is 0 Å². The molecule has 0 radical (unpaired) electrons. The number of carboxylic acids is 1. The maximum atomic E-state index is 13.7. The molecule has 0 fully saturated rings. The Labute approximate surface area is 115 Å². The summed E-state index contributed by atoms with van der Waals surface area (Å²) in [5.41, 5.74) is 0.364. The summed E-state index contributed by atoms with van der Waals surface area (Å²) in [7, 11) is 0. The third kappa shape index (κ3) is 3.59. The fraction of sp³-hybridized carbons (Fsp3) is 0.385. The number of benzene rings is 1. The van der Waals surface area contributed by atoms with E-state index >= 15 is 0 Å². The van der Waals surface area contributed by atoms with Crippen LogP contribution in [0.5, 0.6) is 0 Å². The smallest absolute Gasteiger partial charge is 0.303 e. The van der Waals surface area contributed by atoms with E-state index in [-0.39, 0.29) is 12.2 Å². The van der Waals surface area contributed by atoms with E-state index < -0.39 is 5.97 Å². The van der Waals surface area contributed by atoms with Crippen molar-refractivity contribution < 1.29 is 14.3 Å². The largest absolute Gasteiger partial charge is 0.481 e. The van der Waals surface area contributed by atoms with Crippen molar-refractivity contribution >= 4 is 5.97 Å². The van der Waals surface area contributed by atoms with Crippen molar-refractivity contribution in [3.8, 4) is 11.4 Å². The number of hydrogen-bond donors (Lipinski definition) is 1. The number of unbranched alkanes of at least 4 members (excludes halogenated alkanes) is 2. The molecule has 1 aromatic heterocycles. The summed E-state index contributed by atoms with van der Waals surface area (Å²) >= 11 is 0. The highest BCUT2D eigenvalue weighted by Crippen LogP contribution is 2.19. The Balaban J connectivity index is 1.96. The zero-order valence-corrected chi connectivity index (χ0v) is 10.9. The van der Waals surface area contributed by atoms with E-state index in [1.54, 1.807) is 22.9 Å². The van der Waals surface area contributed by atoms with Gasteiger partial charge in [0.15, 0.2) is 5.82 Å². The number of aliphatic carboxylic acids is 1. The van der Waals surface area contributed by atoms with Gasteiger partial charge >= 0.3 is 5.97 Å². The molecule has 2 rings (SSSR count). The molecule has 20 heavy (non-hydrogen) atoms. The molecule has 0 unspecified atom stereocenters. The molecule has 0 saturated heterocycles. The first-order valence-electron chi connectivity index (χ1n) is 6.41. The zero-order valence-electron chi connectivity index (χ0n) is 10.9. The van der Waals surface area contributed by atoms with Gasteiger partial charge in [-0.15, -0.1) is 5.10 Å². The van der Waals surface area contributed by atoms with Gasteiger partial charge in [0.1, 0.15) is 5.82 Å². The number of hydrogen-bond acceptors (Lipinski definition) is 4. The van der Waals surface area contributed by atoms with Gasteiger partial charge in [0.25, 0.3) is 0 Å². The highest BCUT2D eigenvalue weighted by Gasteiger charge is 2.12. The van der Waals surface area contributed by atoms with Crippen molar-refractivity contribution in [2.75, 3.05) is 0 Å². The fourth-order valence-electron chi connectivity index (χ4n) is 1.91. The third-order valence-corrected chi connectivity index (χ3v) is 2.91. The topological polar surface area (TPSA) is 80.9 Å². The van der Waals surface area contributed by atoms with Crippen LogP contribution in [0.4, 0.5) is 4.39 Å². The SMILES string of the molecule is O=C(O)CCCCCn1nnnc1-c1ccccc1F. The molecular formula is C13H15FN4O2. The molecule has 106 valence electrons. The molecular weight excluding hydrogens is 263 g/mol. The van der Waals surface area contributed by atoms with E-state index in [1.807, 2.05) is 0 Å². The van der Waals surface area contributed by atoms with Crippen LogP contribution in [-0.2, 0) is 11.3 Å². The first-order valence-corrected chi connectivity index (χ1v) is 6.41. The monoisotopic (exact) mass is 278 g/mol. The number of aromatic nitrogens is 4. The minimum atomic E-state index is -0.792. The Kier molecular flexibility index (Phi) is 4.75. The first-order chi connectivity index (χ1) is 9.68. The Morgan fingerprint density at radius 3 is 2.80 bits per heavy atom. The van der Waals surface area contributed by atoms with E-state index in [2.05, 4.69) is 15.5 Å². The van der Waals surface area contributed by atoms with Gasteiger partial charge < -0.3 is 5.11 Å². The van der Waals surface area contributed by atoms with Gasteiger partial charge in [-0.05, 0) is 35.4 Å². The summed E-state index contributed by atoms with van der Waals surface area (Å²) in [5, 5.41) is 19.8. The Hall–Kier alpha value is -2.31.